The van der Waals surface area contributed by atoms with Crippen molar-refractivity contribution in [3.05, 3.63) is 0 Å². The van der Waals surface area contributed by atoms with Crippen LogP contribution in [0.1, 0.15) is 12.8 Å². The average molecular weight is 185 g/mol. The standard InChI is InChI=1S/C9H19N3O/c10-13-9-5-8(6-9)7-12-3-1-11-2-4-12/h8-9,11H,1-7,10H2. The third kappa shape index (κ3) is 2.40. The molecule has 2 aliphatic rings. The van der Waals surface area contributed by atoms with E-state index in [9.17, 15) is 0 Å². The second-order valence-electron chi connectivity index (χ2n) is 4.15. The first-order valence-corrected chi connectivity index (χ1v) is 5.17. The Bertz CT molecular complexity index is 153. The van der Waals surface area contributed by atoms with E-state index in [1.54, 1.807) is 0 Å². The molecule has 1 saturated heterocycles. The van der Waals surface area contributed by atoms with Crippen LogP contribution in [-0.4, -0.2) is 43.7 Å². The molecule has 2 fully saturated rings. The third-order valence-electron chi connectivity index (χ3n) is 3.11. The van der Waals surface area contributed by atoms with Crippen molar-refractivity contribution in [2.24, 2.45) is 11.8 Å². The van der Waals surface area contributed by atoms with Gasteiger partial charge in [-0.05, 0) is 18.8 Å². The fraction of sp³-hybridized carbons (Fsp3) is 1.00. The second kappa shape index (κ2) is 4.37. The summed E-state index contributed by atoms with van der Waals surface area (Å²) in [6.07, 6.45) is 2.65. The van der Waals surface area contributed by atoms with E-state index in [2.05, 4.69) is 10.2 Å². The van der Waals surface area contributed by atoms with Gasteiger partial charge in [0.15, 0.2) is 0 Å². The van der Waals surface area contributed by atoms with Gasteiger partial charge in [0, 0.05) is 32.7 Å². The van der Waals surface area contributed by atoms with E-state index in [0.29, 0.717) is 6.10 Å². The highest BCUT2D eigenvalue weighted by Gasteiger charge is 2.30. The first kappa shape index (κ1) is 9.40. The van der Waals surface area contributed by atoms with Crippen LogP contribution in [-0.2, 0) is 4.84 Å². The Hall–Kier alpha value is -0.160. The highest BCUT2D eigenvalue weighted by molar-refractivity contribution is 4.83. The second-order valence-corrected chi connectivity index (χ2v) is 4.15. The van der Waals surface area contributed by atoms with E-state index in [-0.39, 0.29) is 0 Å². The van der Waals surface area contributed by atoms with Crippen molar-refractivity contribution in [1.29, 1.82) is 0 Å². The normalized spacial score (nSPS) is 35.8. The molecule has 0 aromatic carbocycles. The SMILES string of the molecule is NOC1CC(CN2CCNCC2)C1. The summed E-state index contributed by atoms with van der Waals surface area (Å²) < 4.78 is 0. The number of hydrogen-bond acceptors (Lipinski definition) is 4. The molecule has 0 bridgehead atoms. The lowest BCUT2D eigenvalue weighted by molar-refractivity contribution is -0.0412. The molecule has 4 heteroatoms. The first-order valence-electron chi connectivity index (χ1n) is 5.17. The molecule has 0 radical (unpaired) electrons. The van der Waals surface area contributed by atoms with E-state index in [1.165, 1.54) is 19.6 Å². The van der Waals surface area contributed by atoms with E-state index < -0.39 is 0 Å². The molecule has 1 aliphatic heterocycles. The summed E-state index contributed by atoms with van der Waals surface area (Å²) in [5.41, 5.74) is 0. The summed E-state index contributed by atoms with van der Waals surface area (Å²) >= 11 is 0. The van der Waals surface area contributed by atoms with Gasteiger partial charge in [0.1, 0.15) is 0 Å². The van der Waals surface area contributed by atoms with E-state index in [1.807, 2.05) is 0 Å². The minimum Gasteiger partial charge on any atom is -0.314 e. The van der Waals surface area contributed by atoms with Crippen molar-refractivity contribution < 1.29 is 4.84 Å². The van der Waals surface area contributed by atoms with Crippen LogP contribution in [0.4, 0.5) is 0 Å². The Balaban J connectivity index is 1.62. The van der Waals surface area contributed by atoms with Gasteiger partial charge < -0.3 is 15.1 Å². The van der Waals surface area contributed by atoms with Gasteiger partial charge >= 0.3 is 0 Å². The number of nitrogens with two attached hydrogens (primary N) is 1. The summed E-state index contributed by atoms with van der Waals surface area (Å²) in [4.78, 5) is 7.31. The zero-order valence-corrected chi connectivity index (χ0v) is 8.04. The van der Waals surface area contributed by atoms with Crippen molar-refractivity contribution >= 4 is 0 Å². The zero-order chi connectivity index (χ0) is 9.10. The van der Waals surface area contributed by atoms with Gasteiger partial charge in [-0.25, -0.2) is 5.90 Å². The average Bonchev–Trinajstić information content (AvgIpc) is 2.12. The lowest BCUT2D eigenvalue weighted by Gasteiger charge is -2.38. The van der Waals surface area contributed by atoms with Crippen molar-refractivity contribution in [3.63, 3.8) is 0 Å². The van der Waals surface area contributed by atoms with Crippen molar-refractivity contribution in [3.8, 4) is 0 Å². The van der Waals surface area contributed by atoms with Gasteiger partial charge in [-0.2, -0.15) is 0 Å². The zero-order valence-electron chi connectivity index (χ0n) is 8.04. The number of nitrogens with one attached hydrogen (secondary N) is 1. The van der Waals surface area contributed by atoms with Crippen LogP contribution in [0.3, 0.4) is 0 Å². The van der Waals surface area contributed by atoms with Crippen LogP contribution in [0.2, 0.25) is 0 Å². The molecule has 1 heterocycles. The Morgan fingerprint density at radius 3 is 2.62 bits per heavy atom. The van der Waals surface area contributed by atoms with Crippen LogP contribution in [0.15, 0.2) is 0 Å². The molecule has 0 spiro atoms. The molecular formula is C9H19N3O. The Labute approximate surface area is 79.4 Å². The van der Waals surface area contributed by atoms with Crippen LogP contribution in [0.25, 0.3) is 0 Å². The molecule has 0 amide bonds. The smallest absolute Gasteiger partial charge is 0.0793 e. The Kier molecular flexibility index (Phi) is 3.16. The largest absolute Gasteiger partial charge is 0.314 e. The highest BCUT2D eigenvalue weighted by atomic mass is 16.6. The summed E-state index contributed by atoms with van der Waals surface area (Å²) in [5, 5.41) is 3.36. The minimum absolute atomic E-state index is 0.341. The quantitative estimate of drug-likeness (QED) is 0.585. The summed E-state index contributed by atoms with van der Waals surface area (Å²) in [7, 11) is 0. The minimum atomic E-state index is 0.341. The number of piperazine rings is 1. The van der Waals surface area contributed by atoms with Crippen LogP contribution in [0.5, 0.6) is 0 Å². The van der Waals surface area contributed by atoms with Gasteiger partial charge in [-0.15, -0.1) is 0 Å². The summed E-state index contributed by atoms with van der Waals surface area (Å²) in [5.74, 6) is 5.93. The highest BCUT2D eigenvalue weighted by Crippen LogP contribution is 2.29. The molecule has 4 nitrogen and oxygen atoms in total. The Morgan fingerprint density at radius 1 is 1.31 bits per heavy atom. The van der Waals surface area contributed by atoms with Crippen molar-refractivity contribution in [1.82, 2.24) is 10.2 Å². The Morgan fingerprint density at radius 2 is 2.00 bits per heavy atom. The van der Waals surface area contributed by atoms with E-state index in [0.717, 1.165) is 31.8 Å². The molecule has 1 saturated carbocycles. The molecule has 3 N–H and O–H groups in total. The van der Waals surface area contributed by atoms with Crippen molar-refractivity contribution in [2.45, 2.75) is 18.9 Å². The van der Waals surface area contributed by atoms with Crippen molar-refractivity contribution in [2.75, 3.05) is 32.7 Å². The molecular weight excluding hydrogens is 166 g/mol. The summed E-state index contributed by atoms with van der Waals surface area (Å²) in [6.45, 7) is 5.92. The maximum absolute atomic E-state index is 5.11. The molecule has 13 heavy (non-hydrogen) atoms. The lowest BCUT2D eigenvalue weighted by Crippen LogP contribution is -2.48. The molecule has 0 aromatic heterocycles. The molecule has 0 atom stereocenters. The molecule has 76 valence electrons. The molecule has 0 unspecified atom stereocenters. The predicted octanol–water partition coefficient (Wildman–Crippen LogP) is -0.439. The van der Waals surface area contributed by atoms with Crippen LogP contribution in [0, 0.1) is 5.92 Å². The molecule has 2 rings (SSSR count). The van der Waals surface area contributed by atoms with Gasteiger partial charge in [-0.3, -0.25) is 0 Å². The van der Waals surface area contributed by atoms with E-state index in [4.69, 9.17) is 10.7 Å². The first-order chi connectivity index (χ1) is 6.38. The number of hydrogen-bond donors (Lipinski definition) is 2. The van der Waals surface area contributed by atoms with Crippen LogP contribution < -0.4 is 11.2 Å². The van der Waals surface area contributed by atoms with Gasteiger partial charge in [0.05, 0.1) is 6.10 Å². The van der Waals surface area contributed by atoms with Gasteiger partial charge in [0.2, 0.25) is 0 Å². The number of nitrogens with zero attached hydrogens (tertiary/aromatic N) is 1. The molecule has 0 aromatic rings. The van der Waals surface area contributed by atoms with Gasteiger partial charge in [-0.1, -0.05) is 0 Å². The topological polar surface area (TPSA) is 50.5 Å². The van der Waals surface area contributed by atoms with E-state index >= 15 is 0 Å². The predicted molar refractivity (Wildman–Crippen MR) is 51.1 cm³/mol. The monoisotopic (exact) mass is 185 g/mol. The third-order valence-corrected chi connectivity index (χ3v) is 3.11. The molecule has 1 aliphatic carbocycles. The van der Waals surface area contributed by atoms with Crippen LogP contribution >= 0.6 is 0 Å². The lowest BCUT2D eigenvalue weighted by atomic mass is 9.82. The fourth-order valence-corrected chi connectivity index (χ4v) is 2.19. The number of rotatable bonds is 3. The fourth-order valence-electron chi connectivity index (χ4n) is 2.19. The maximum Gasteiger partial charge on any atom is 0.0793 e. The summed E-state index contributed by atoms with van der Waals surface area (Å²) in [6, 6.07) is 0. The van der Waals surface area contributed by atoms with Gasteiger partial charge in [0.25, 0.3) is 0 Å². The maximum atomic E-state index is 5.11.